The van der Waals surface area contributed by atoms with E-state index in [0.29, 0.717) is 43.7 Å². The van der Waals surface area contributed by atoms with Crippen LogP contribution in [0.2, 0.25) is 0 Å². The van der Waals surface area contributed by atoms with Crippen LogP contribution in [0.4, 0.5) is 0 Å². The summed E-state index contributed by atoms with van der Waals surface area (Å²) in [5.41, 5.74) is 1.22. The van der Waals surface area contributed by atoms with Crippen LogP contribution in [0.1, 0.15) is 62.4 Å². The summed E-state index contributed by atoms with van der Waals surface area (Å²) in [6.07, 6.45) is 4.57. The van der Waals surface area contributed by atoms with Gasteiger partial charge in [0, 0.05) is 51.9 Å². The number of nitrogens with zero attached hydrogens (tertiary/aromatic N) is 3. The molecule has 5 amide bonds. The number of ether oxygens (including phenoxy) is 1. The van der Waals surface area contributed by atoms with Gasteiger partial charge < -0.3 is 30.5 Å². The number of hydrogen-bond acceptors (Lipinski definition) is 7. The van der Waals surface area contributed by atoms with E-state index in [1.54, 1.807) is 49.4 Å². The van der Waals surface area contributed by atoms with Crippen molar-refractivity contribution < 1.29 is 28.7 Å². The van der Waals surface area contributed by atoms with E-state index in [9.17, 15) is 24.0 Å². The molecule has 12 heteroatoms. The second-order valence-electron chi connectivity index (χ2n) is 11.8. The summed E-state index contributed by atoms with van der Waals surface area (Å²) < 4.78 is 5.24. The Balaban J connectivity index is 1.86. The Labute approximate surface area is 265 Å². The van der Waals surface area contributed by atoms with Crippen molar-refractivity contribution >= 4 is 29.5 Å². The topological polar surface area (TPSA) is 150 Å². The molecule has 0 spiro atoms. The van der Waals surface area contributed by atoms with Crippen molar-refractivity contribution in [3.05, 3.63) is 59.9 Å². The predicted molar refractivity (Wildman–Crippen MR) is 169 cm³/mol. The predicted octanol–water partition coefficient (Wildman–Crippen LogP) is 1.94. The molecule has 3 atom stereocenters. The van der Waals surface area contributed by atoms with Gasteiger partial charge in [-0.25, -0.2) is 0 Å². The average molecular weight is 623 g/mol. The van der Waals surface area contributed by atoms with Gasteiger partial charge in [-0.1, -0.05) is 26.0 Å². The van der Waals surface area contributed by atoms with Gasteiger partial charge in [0.2, 0.25) is 23.6 Å². The van der Waals surface area contributed by atoms with E-state index in [1.165, 1.54) is 18.1 Å². The van der Waals surface area contributed by atoms with Crippen molar-refractivity contribution in [3.8, 4) is 5.75 Å². The van der Waals surface area contributed by atoms with Crippen LogP contribution in [-0.2, 0) is 25.6 Å². The molecule has 1 aliphatic rings. The first-order chi connectivity index (χ1) is 21.5. The fourth-order valence-electron chi connectivity index (χ4n) is 5.10. The van der Waals surface area contributed by atoms with Crippen molar-refractivity contribution in [2.75, 3.05) is 33.8 Å². The summed E-state index contributed by atoms with van der Waals surface area (Å²) in [5.74, 6) is -1.07. The van der Waals surface area contributed by atoms with E-state index < -0.39 is 29.9 Å². The molecule has 0 bridgehead atoms. The van der Waals surface area contributed by atoms with E-state index in [1.807, 2.05) is 26.0 Å². The third-order valence-corrected chi connectivity index (χ3v) is 7.81. The molecule has 1 aliphatic heterocycles. The summed E-state index contributed by atoms with van der Waals surface area (Å²) >= 11 is 0. The van der Waals surface area contributed by atoms with E-state index in [2.05, 4.69) is 20.9 Å². The molecule has 12 nitrogen and oxygen atoms in total. The van der Waals surface area contributed by atoms with Crippen LogP contribution in [0.5, 0.6) is 5.75 Å². The lowest BCUT2D eigenvalue weighted by Gasteiger charge is -2.30. The van der Waals surface area contributed by atoms with Crippen molar-refractivity contribution in [2.24, 2.45) is 5.92 Å². The van der Waals surface area contributed by atoms with Gasteiger partial charge in [-0.15, -0.1) is 0 Å². The largest absolute Gasteiger partial charge is 0.497 e. The van der Waals surface area contributed by atoms with Crippen LogP contribution < -0.4 is 20.7 Å². The number of likely N-dealkylation sites (N-methyl/N-ethyl adjacent to an activating group) is 1. The molecule has 0 saturated carbocycles. The highest BCUT2D eigenvalue weighted by Crippen LogP contribution is 2.15. The first-order valence-corrected chi connectivity index (χ1v) is 15.5. The number of pyridine rings is 1. The zero-order valence-electron chi connectivity index (χ0n) is 26.9. The minimum absolute atomic E-state index is 0.0774. The third-order valence-electron chi connectivity index (χ3n) is 7.81. The van der Waals surface area contributed by atoms with Crippen LogP contribution in [0.15, 0.2) is 48.8 Å². The van der Waals surface area contributed by atoms with Crippen LogP contribution >= 0.6 is 0 Å². The number of carbonyl (C=O) groups is 5. The fraction of sp³-hybridized carbons (Fsp3) is 0.515. The molecule has 0 radical (unpaired) electrons. The Hall–Kier alpha value is -4.48. The van der Waals surface area contributed by atoms with Crippen molar-refractivity contribution in [2.45, 2.75) is 71.0 Å². The van der Waals surface area contributed by atoms with Gasteiger partial charge in [0.25, 0.3) is 5.91 Å². The molecule has 2 aromatic rings. The average Bonchev–Trinajstić information content (AvgIpc) is 3.03. The molecular formula is C33H46N6O6. The highest BCUT2D eigenvalue weighted by atomic mass is 16.5. The SMILES string of the molecule is COc1ccc(C[C@@H]2NC(=O)[C@@H](CC(C)C)NC(=O)CCCN(C(=O)c3cccnc3)CCCNC(=O)[C@H](C)N(C)C2=O)cc1. The number of amides is 5. The van der Waals surface area contributed by atoms with E-state index in [-0.39, 0.29) is 43.0 Å². The lowest BCUT2D eigenvalue weighted by molar-refractivity contribution is -0.141. The number of nitrogens with one attached hydrogen (secondary N) is 3. The zero-order valence-corrected chi connectivity index (χ0v) is 26.9. The molecule has 2 heterocycles. The standard InChI is InChI=1S/C33H46N6O6/c1-22(2)19-27-31(42)37-28(20-24-11-13-26(45-5)14-12-24)33(44)38(4)23(3)30(41)35-16-8-18-39(17-7-10-29(40)36-27)32(43)25-9-6-15-34-21-25/h6,9,11-15,21-23,27-28H,7-8,10,16-20H2,1-5H3,(H,35,41)(H,36,40)(H,37,42)/t23-,27+,28-/m0/s1. The van der Waals surface area contributed by atoms with Gasteiger partial charge >= 0.3 is 0 Å². The second kappa shape index (κ2) is 17.1. The third kappa shape index (κ3) is 10.6. The van der Waals surface area contributed by atoms with E-state index in [4.69, 9.17) is 4.74 Å². The molecule has 244 valence electrons. The number of carbonyl (C=O) groups excluding carboxylic acids is 5. The van der Waals surface area contributed by atoms with Crippen molar-refractivity contribution in [1.29, 1.82) is 0 Å². The van der Waals surface area contributed by atoms with Crippen LogP contribution in [0.3, 0.4) is 0 Å². The Bertz CT molecular complexity index is 1300. The lowest BCUT2D eigenvalue weighted by atomic mass is 10.00. The monoisotopic (exact) mass is 622 g/mol. The molecule has 3 N–H and O–H groups in total. The highest BCUT2D eigenvalue weighted by molar-refractivity contribution is 5.95. The Morgan fingerprint density at radius 2 is 1.71 bits per heavy atom. The van der Waals surface area contributed by atoms with Crippen LogP contribution in [0.25, 0.3) is 0 Å². The summed E-state index contributed by atoms with van der Waals surface area (Å²) in [6, 6.07) is 7.86. The molecule has 1 aromatic heterocycles. The zero-order chi connectivity index (χ0) is 32.9. The molecule has 0 unspecified atom stereocenters. The number of aromatic nitrogens is 1. The van der Waals surface area contributed by atoms with Gasteiger partial charge in [-0.05, 0) is 61.9 Å². The van der Waals surface area contributed by atoms with Crippen LogP contribution in [-0.4, -0.2) is 96.2 Å². The Kier molecular flexibility index (Phi) is 13.3. The van der Waals surface area contributed by atoms with Crippen molar-refractivity contribution in [3.63, 3.8) is 0 Å². The van der Waals surface area contributed by atoms with Crippen molar-refractivity contribution in [1.82, 2.24) is 30.7 Å². The maximum atomic E-state index is 13.8. The molecule has 1 fully saturated rings. The first-order valence-electron chi connectivity index (χ1n) is 15.5. The van der Waals surface area contributed by atoms with E-state index >= 15 is 0 Å². The minimum Gasteiger partial charge on any atom is -0.497 e. The molecule has 45 heavy (non-hydrogen) atoms. The first kappa shape index (κ1) is 35.0. The number of hydrogen-bond donors (Lipinski definition) is 3. The summed E-state index contributed by atoms with van der Waals surface area (Å²) in [5, 5.41) is 8.57. The van der Waals surface area contributed by atoms with Crippen LogP contribution in [0, 0.1) is 5.92 Å². The molecule has 1 aromatic carbocycles. The highest BCUT2D eigenvalue weighted by Gasteiger charge is 2.32. The Morgan fingerprint density at radius 1 is 1.00 bits per heavy atom. The van der Waals surface area contributed by atoms with Gasteiger partial charge in [-0.2, -0.15) is 0 Å². The Morgan fingerprint density at radius 3 is 2.36 bits per heavy atom. The molecule has 3 rings (SSSR count). The molecule has 1 saturated heterocycles. The minimum atomic E-state index is -0.983. The number of methoxy groups -OCH3 is 1. The van der Waals surface area contributed by atoms with Gasteiger partial charge in [0.15, 0.2) is 0 Å². The van der Waals surface area contributed by atoms with Gasteiger partial charge in [-0.3, -0.25) is 29.0 Å². The summed E-state index contributed by atoms with van der Waals surface area (Å²) in [7, 11) is 3.09. The molecule has 0 aliphatic carbocycles. The quantitative estimate of drug-likeness (QED) is 0.446. The fourth-order valence-corrected chi connectivity index (χ4v) is 5.10. The second-order valence-corrected chi connectivity index (χ2v) is 11.8. The van der Waals surface area contributed by atoms with E-state index in [0.717, 1.165) is 5.56 Å². The summed E-state index contributed by atoms with van der Waals surface area (Å²) in [6.45, 7) is 6.46. The maximum absolute atomic E-state index is 13.8. The molecular weight excluding hydrogens is 576 g/mol. The normalized spacial score (nSPS) is 21.3. The lowest BCUT2D eigenvalue weighted by Crippen LogP contribution is -2.57. The number of benzene rings is 1. The smallest absolute Gasteiger partial charge is 0.255 e. The van der Waals surface area contributed by atoms with Gasteiger partial charge in [0.05, 0.1) is 12.7 Å². The summed E-state index contributed by atoms with van der Waals surface area (Å²) in [4.78, 5) is 73.7. The maximum Gasteiger partial charge on any atom is 0.255 e. The number of rotatable bonds is 6. The van der Waals surface area contributed by atoms with Gasteiger partial charge in [0.1, 0.15) is 23.9 Å².